The highest BCUT2D eigenvalue weighted by Gasteiger charge is 2.32. The lowest BCUT2D eigenvalue weighted by molar-refractivity contribution is -0.245. The topological polar surface area (TPSA) is 149 Å². The van der Waals surface area contributed by atoms with Crippen LogP contribution in [0.15, 0.2) is 77.1 Å². The number of unbranched alkanes of at least 4 members (excludes halogenated alkanes) is 1. The first kappa shape index (κ1) is 32.6. The van der Waals surface area contributed by atoms with Gasteiger partial charge in [0.15, 0.2) is 10.6 Å². The van der Waals surface area contributed by atoms with Crippen molar-refractivity contribution in [3.05, 3.63) is 94.5 Å². The molecule has 12 heteroatoms. The van der Waals surface area contributed by atoms with Crippen molar-refractivity contribution in [1.82, 2.24) is 10.2 Å². The van der Waals surface area contributed by atoms with E-state index in [4.69, 9.17) is 15.2 Å². The first-order valence-electron chi connectivity index (χ1n) is 14.8. The van der Waals surface area contributed by atoms with Crippen LogP contribution in [-0.2, 0) is 25.7 Å². The molecule has 3 aromatic carbocycles. The molecule has 236 valence electrons. The summed E-state index contributed by atoms with van der Waals surface area (Å²) >= 11 is 3.17. The summed E-state index contributed by atoms with van der Waals surface area (Å²) in [5, 5.41) is 24.5. The van der Waals surface area contributed by atoms with Crippen LogP contribution in [0.25, 0.3) is 0 Å². The van der Waals surface area contributed by atoms with Crippen LogP contribution >= 0.6 is 23.1 Å². The monoisotopic (exact) mass is 647 g/mol. The molecule has 2 heterocycles. The molecule has 5 rings (SSSR count). The van der Waals surface area contributed by atoms with E-state index in [1.165, 1.54) is 0 Å². The van der Waals surface area contributed by atoms with E-state index in [1.807, 2.05) is 67.6 Å². The fraction of sp³-hybridized carbons (Fsp3) is 0.333. The number of aliphatic hydroxyl groups excluding tert-OH is 1. The van der Waals surface area contributed by atoms with E-state index in [1.54, 1.807) is 35.2 Å². The Bertz CT molecular complexity index is 1580. The average molecular weight is 648 g/mol. The summed E-state index contributed by atoms with van der Waals surface area (Å²) in [4.78, 5) is 25.0. The standard InChI is InChI=1S/C33H37N5O5S2/c1-21-37-38-33(45-21)44-20-26-18-29(23-15-13-22(19-39)14-16-23)43-32(42-26)24-7-6-8-25(17-24)35-30(40)11-4-5-12-31(41)36-28-10-3-2-9-27(28)34/h2-3,6-10,13-17,26,29,32,39H,4-5,11-12,18-20,34H2,1H3,(H,35,40)(H,36,41). The maximum Gasteiger partial charge on any atom is 0.224 e. The van der Waals surface area contributed by atoms with Crippen molar-refractivity contribution in [1.29, 1.82) is 0 Å². The smallest absolute Gasteiger partial charge is 0.224 e. The zero-order valence-electron chi connectivity index (χ0n) is 25.0. The van der Waals surface area contributed by atoms with E-state index in [9.17, 15) is 14.7 Å². The number of ether oxygens (including phenoxy) is 2. The van der Waals surface area contributed by atoms with Crippen LogP contribution in [0.4, 0.5) is 17.1 Å². The van der Waals surface area contributed by atoms with Gasteiger partial charge in [0, 0.05) is 36.3 Å². The first-order chi connectivity index (χ1) is 21.9. The third-order valence-corrected chi connectivity index (χ3v) is 9.35. The molecule has 1 aliphatic rings. The molecule has 5 N–H and O–H groups in total. The lowest BCUT2D eigenvalue weighted by Crippen LogP contribution is -2.31. The number of hydrogen-bond acceptors (Lipinski definition) is 10. The third kappa shape index (κ3) is 9.59. The van der Waals surface area contributed by atoms with E-state index < -0.39 is 6.29 Å². The number of carbonyl (C=O) groups is 2. The maximum absolute atomic E-state index is 12.7. The number of hydrogen-bond donors (Lipinski definition) is 4. The molecule has 1 aromatic heterocycles. The number of aryl methyl sites for hydroxylation is 1. The number of aromatic nitrogens is 2. The molecule has 2 amide bonds. The Labute approximate surface area is 270 Å². The predicted octanol–water partition coefficient (Wildman–Crippen LogP) is 6.40. The molecule has 3 unspecified atom stereocenters. The molecule has 0 radical (unpaired) electrons. The Balaban J connectivity index is 1.17. The number of amides is 2. The molecule has 1 saturated heterocycles. The van der Waals surface area contributed by atoms with Crippen LogP contribution in [-0.4, -0.2) is 39.0 Å². The number of carbonyl (C=O) groups excluding carboxylic acids is 2. The second-order valence-corrected chi connectivity index (χ2v) is 13.2. The number of rotatable bonds is 13. The Kier molecular flexibility index (Phi) is 11.6. The normalized spacial score (nSPS) is 18.0. The van der Waals surface area contributed by atoms with Crippen LogP contribution in [0.1, 0.15) is 66.2 Å². The summed E-state index contributed by atoms with van der Waals surface area (Å²) in [6.45, 7) is 1.92. The molecule has 3 atom stereocenters. The fourth-order valence-electron chi connectivity index (χ4n) is 4.90. The summed E-state index contributed by atoms with van der Waals surface area (Å²) < 4.78 is 13.8. The average Bonchev–Trinajstić information content (AvgIpc) is 3.48. The minimum absolute atomic E-state index is 0.0181. The zero-order chi connectivity index (χ0) is 31.6. The summed E-state index contributed by atoms with van der Waals surface area (Å²) in [5.74, 6) is 0.424. The number of nitrogens with zero attached hydrogens (tertiary/aromatic N) is 2. The van der Waals surface area contributed by atoms with Crippen molar-refractivity contribution in [3.8, 4) is 0 Å². The minimum Gasteiger partial charge on any atom is -0.397 e. The number of aliphatic hydroxyl groups is 1. The first-order valence-corrected chi connectivity index (χ1v) is 16.6. The van der Waals surface area contributed by atoms with E-state index in [2.05, 4.69) is 20.8 Å². The number of anilines is 3. The molecular formula is C33H37N5O5S2. The van der Waals surface area contributed by atoms with Crippen LogP contribution in [0, 0.1) is 6.92 Å². The number of benzene rings is 3. The summed E-state index contributed by atoms with van der Waals surface area (Å²) in [6, 6.07) is 22.4. The van der Waals surface area contributed by atoms with Gasteiger partial charge in [-0.2, -0.15) is 0 Å². The quantitative estimate of drug-likeness (QED) is 0.0735. The van der Waals surface area contributed by atoms with Crippen molar-refractivity contribution in [2.75, 3.05) is 22.1 Å². The summed E-state index contributed by atoms with van der Waals surface area (Å²) in [6.07, 6.45) is 1.42. The Morgan fingerprint density at radius 2 is 1.71 bits per heavy atom. The molecule has 4 aromatic rings. The van der Waals surface area contributed by atoms with Crippen LogP contribution in [0.3, 0.4) is 0 Å². The Morgan fingerprint density at radius 3 is 2.42 bits per heavy atom. The number of nitrogen functional groups attached to an aromatic ring is 1. The Morgan fingerprint density at radius 1 is 0.956 bits per heavy atom. The summed E-state index contributed by atoms with van der Waals surface area (Å²) in [5.41, 5.74) is 10.3. The van der Waals surface area contributed by atoms with Gasteiger partial charge in [-0.15, -0.1) is 10.2 Å². The SMILES string of the molecule is Cc1nnc(SCC2CC(c3ccc(CO)cc3)OC(c3cccc(NC(=O)CCCCC(=O)Nc4ccccc4N)c3)O2)s1. The van der Waals surface area contributed by atoms with E-state index in [0.717, 1.165) is 26.0 Å². The van der Waals surface area contributed by atoms with Gasteiger partial charge in [0.1, 0.15) is 5.01 Å². The molecule has 0 bridgehead atoms. The van der Waals surface area contributed by atoms with Gasteiger partial charge in [-0.1, -0.05) is 71.6 Å². The van der Waals surface area contributed by atoms with Crippen molar-refractivity contribution in [3.63, 3.8) is 0 Å². The number of nitrogens with one attached hydrogen (secondary N) is 2. The van der Waals surface area contributed by atoms with Gasteiger partial charge < -0.3 is 30.9 Å². The summed E-state index contributed by atoms with van der Waals surface area (Å²) in [7, 11) is 0. The van der Waals surface area contributed by atoms with Crippen LogP contribution in [0.2, 0.25) is 0 Å². The van der Waals surface area contributed by atoms with Crippen LogP contribution < -0.4 is 16.4 Å². The number of para-hydroxylation sites is 2. The van der Waals surface area contributed by atoms with Crippen molar-refractivity contribution in [2.24, 2.45) is 0 Å². The molecule has 0 aliphatic carbocycles. The van der Waals surface area contributed by atoms with E-state index >= 15 is 0 Å². The zero-order valence-corrected chi connectivity index (χ0v) is 26.6. The third-order valence-electron chi connectivity index (χ3n) is 7.25. The number of nitrogens with two attached hydrogens (primary N) is 1. The van der Waals surface area contributed by atoms with Gasteiger partial charge in [0.05, 0.1) is 30.2 Å². The molecule has 10 nitrogen and oxygen atoms in total. The van der Waals surface area contributed by atoms with Crippen molar-refractivity contribution >= 4 is 52.0 Å². The fourth-order valence-corrected chi connectivity index (χ4v) is 6.76. The van der Waals surface area contributed by atoms with Gasteiger partial charge in [0.25, 0.3) is 0 Å². The van der Waals surface area contributed by atoms with E-state index in [0.29, 0.717) is 48.5 Å². The molecule has 1 fully saturated rings. The van der Waals surface area contributed by atoms with Gasteiger partial charge in [-0.05, 0) is 55.2 Å². The van der Waals surface area contributed by atoms with Crippen molar-refractivity contribution < 1.29 is 24.2 Å². The highest BCUT2D eigenvalue weighted by atomic mass is 32.2. The lowest BCUT2D eigenvalue weighted by Gasteiger charge is -2.36. The molecule has 45 heavy (non-hydrogen) atoms. The Hall–Kier alpha value is -3.81. The highest BCUT2D eigenvalue weighted by Crippen LogP contribution is 2.40. The molecule has 0 spiro atoms. The van der Waals surface area contributed by atoms with Gasteiger partial charge in [-0.25, -0.2) is 0 Å². The molecule has 1 aliphatic heterocycles. The largest absolute Gasteiger partial charge is 0.397 e. The van der Waals surface area contributed by atoms with E-state index in [-0.39, 0.29) is 37.0 Å². The highest BCUT2D eigenvalue weighted by molar-refractivity contribution is 8.01. The second kappa shape index (κ2) is 16.0. The lowest BCUT2D eigenvalue weighted by atomic mass is 10.0. The number of thioether (sulfide) groups is 1. The van der Waals surface area contributed by atoms with Gasteiger partial charge >= 0.3 is 0 Å². The maximum atomic E-state index is 12.7. The van der Waals surface area contributed by atoms with Crippen LogP contribution in [0.5, 0.6) is 0 Å². The second-order valence-electron chi connectivity index (χ2n) is 10.8. The molecular weight excluding hydrogens is 611 g/mol. The minimum atomic E-state index is -0.642. The molecule has 0 saturated carbocycles. The van der Waals surface area contributed by atoms with Gasteiger partial charge in [0.2, 0.25) is 11.8 Å². The predicted molar refractivity (Wildman–Crippen MR) is 177 cm³/mol. The van der Waals surface area contributed by atoms with Crippen molar-refractivity contribution in [2.45, 2.75) is 68.5 Å². The van der Waals surface area contributed by atoms with Gasteiger partial charge in [-0.3, -0.25) is 9.59 Å².